The van der Waals surface area contributed by atoms with Crippen molar-refractivity contribution in [3.05, 3.63) is 23.8 Å². The predicted octanol–water partition coefficient (Wildman–Crippen LogP) is 3.18. The van der Waals surface area contributed by atoms with Crippen LogP contribution in [0.1, 0.15) is 45.7 Å². The molecule has 0 saturated heterocycles. The van der Waals surface area contributed by atoms with Gasteiger partial charge in [-0.2, -0.15) is 0 Å². The second kappa shape index (κ2) is 5.92. The third-order valence-electron chi connectivity index (χ3n) is 2.85. The molecule has 1 aromatic carbocycles. The van der Waals surface area contributed by atoms with Crippen LogP contribution >= 0.6 is 0 Å². The lowest BCUT2D eigenvalue weighted by Gasteiger charge is -2.22. The zero-order chi connectivity index (χ0) is 13.0. The lowest BCUT2D eigenvalue weighted by molar-refractivity contribution is 0.380. The first-order valence-corrected chi connectivity index (χ1v) is 6.18. The van der Waals surface area contributed by atoms with Gasteiger partial charge in [0.25, 0.3) is 0 Å². The van der Waals surface area contributed by atoms with Gasteiger partial charge in [0.2, 0.25) is 0 Å². The van der Waals surface area contributed by atoms with Crippen molar-refractivity contribution >= 4 is 0 Å². The van der Waals surface area contributed by atoms with Gasteiger partial charge in [-0.3, -0.25) is 0 Å². The first kappa shape index (κ1) is 13.8. The van der Waals surface area contributed by atoms with Crippen molar-refractivity contribution in [3.8, 4) is 11.5 Å². The quantitative estimate of drug-likeness (QED) is 0.737. The summed E-state index contributed by atoms with van der Waals surface area (Å²) in [6.07, 6.45) is 1.07. The normalized spacial score (nSPS) is 14.9. The van der Waals surface area contributed by atoms with Crippen LogP contribution in [-0.2, 0) is 0 Å². The Hall–Kier alpha value is -1.22. The van der Waals surface area contributed by atoms with Crippen LogP contribution in [0.4, 0.5) is 0 Å². The van der Waals surface area contributed by atoms with Crippen LogP contribution in [0.5, 0.6) is 11.5 Å². The Morgan fingerprint density at radius 1 is 1.06 bits per heavy atom. The molecule has 0 aromatic heterocycles. The van der Waals surface area contributed by atoms with E-state index in [9.17, 15) is 10.2 Å². The molecule has 0 heterocycles. The molecule has 0 amide bonds. The largest absolute Gasteiger partial charge is 0.507 e. The van der Waals surface area contributed by atoms with E-state index in [-0.39, 0.29) is 17.5 Å². The summed E-state index contributed by atoms with van der Waals surface area (Å²) >= 11 is 0. The van der Waals surface area contributed by atoms with Crippen LogP contribution in [0, 0.1) is 5.92 Å². The average molecular weight is 237 g/mol. The number of rotatable bonds is 5. The summed E-state index contributed by atoms with van der Waals surface area (Å²) in [5.41, 5.74) is 0.572. The first-order valence-electron chi connectivity index (χ1n) is 6.18. The Balaban J connectivity index is 2.73. The molecule has 0 spiro atoms. The smallest absolute Gasteiger partial charge is 0.124 e. The molecule has 0 radical (unpaired) electrons. The van der Waals surface area contributed by atoms with Crippen molar-refractivity contribution in [1.82, 2.24) is 5.32 Å². The molecule has 3 nitrogen and oxygen atoms in total. The van der Waals surface area contributed by atoms with E-state index in [1.807, 2.05) is 6.92 Å². The van der Waals surface area contributed by atoms with Crippen LogP contribution in [0.2, 0.25) is 0 Å². The van der Waals surface area contributed by atoms with Gasteiger partial charge in [0.05, 0.1) is 5.56 Å². The van der Waals surface area contributed by atoms with Crippen molar-refractivity contribution in [2.75, 3.05) is 0 Å². The Morgan fingerprint density at radius 3 is 2.06 bits per heavy atom. The summed E-state index contributed by atoms with van der Waals surface area (Å²) in [4.78, 5) is 0. The number of hydrogen-bond acceptors (Lipinski definition) is 3. The number of hydrogen-bond donors (Lipinski definition) is 3. The fourth-order valence-corrected chi connectivity index (χ4v) is 2.27. The van der Waals surface area contributed by atoms with Gasteiger partial charge in [-0.05, 0) is 38.3 Å². The molecule has 0 fully saturated rings. The van der Waals surface area contributed by atoms with E-state index in [0.29, 0.717) is 17.5 Å². The highest BCUT2D eigenvalue weighted by atomic mass is 16.3. The summed E-state index contributed by atoms with van der Waals surface area (Å²) in [5, 5.41) is 22.9. The Kier molecular flexibility index (Phi) is 4.82. The van der Waals surface area contributed by atoms with E-state index in [4.69, 9.17) is 0 Å². The molecule has 3 N–H and O–H groups in total. The van der Waals surface area contributed by atoms with Crippen LogP contribution in [0.15, 0.2) is 18.2 Å². The van der Waals surface area contributed by atoms with E-state index >= 15 is 0 Å². The molecule has 0 bridgehead atoms. The molecule has 0 aliphatic heterocycles. The molecule has 0 aliphatic rings. The predicted molar refractivity (Wildman–Crippen MR) is 70.2 cm³/mol. The van der Waals surface area contributed by atoms with Crippen LogP contribution < -0.4 is 5.32 Å². The van der Waals surface area contributed by atoms with Gasteiger partial charge >= 0.3 is 0 Å². The number of nitrogens with one attached hydrogen (secondary N) is 1. The maximum Gasteiger partial charge on any atom is 0.124 e. The topological polar surface area (TPSA) is 52.5 Å². The van der Waals surface area contributed by atoms with Gasteiger partial charge in [-0.15, -0.1) is 0 Å². The Bertz CT molecular complexity index is 343. The fourth-order valence-electron chi connectivity index (χ4n) is 2.27. The number of phenolic OH excluding ortho intramolecular Hbond substituents is 2. The third kappa shape index (κ3) is 3.93. The first-order chi connectivity index (χ1) is 7.91. The van der Waals surface area contributed by atoms with Crippen molar-refractivity contribution in [2.24, 2.45) is 5.92 Å². The highest BCUT2D eigenvalue weighted by molar-refractivity contribution is 5.44. The maximum absolute atomic E-state index is 9.76. The SMILES string of the molecule is CC(C)CC(C)NC(C)c1c(O)cccc1O. The molecule has 2 unspecified atom stereocenters. The molecule has 2 atom stereocenters. The molecular weight excluding hydrogens is 214 g/mol. The number of phenols is 2. The molecule has 96 valence electrons. The van der Waals surface area contributed by atoms with Crippen molar-refractivity contribution in [1.29, 1.82) is 0 Å². The summed E-state index contributed by atoms with van der Waals surface area (Å²) < 4.78 is 0. The monoisotopic (exact) mass is 237 g/mol. The van der Waals surface area contributed by atoms with Crippen molar-refractivity contribution in [2.45, 2.75) is 46.2 Å². The average Bonchev–Trinajstić information content (AvgIpc) is 2.15. The highest BCUT2D eigenvalue weighted by Gasteiger charge is 2.17. The van der Waals surface area contributed by atoms with Crippen LogP contribution in [0.25, 0.3) is 0 Å². The molecule has 1 aromatic rings. The molecule has 0 saturated carbocycles. The van der Waals surface area contributed by atoms with E-state index in [0.717, 1.165) is 6.42 Å². The minimum absolute atomic E-state index is 0.0649. The van der Waals surface area contributed by atoms with Crippen molar-refractivity contribution in [3.63, 3.8) is 0 Å². The van der Waals surface area contributed by atoms with Gasteiger partial charge < -0.3 is 15.5 Å². The van der Waals surface area contributed by atoms with Gasteiger partial charge in [0.1, 0.15) is 11.5 Å². The standard InChI is InChI=1S/C14H23NO2/c1-9(2)8-10(3)15-11(4)14-12(16)6-5-7-13(14)17/h5-7,9-11,15-17H,8H2,1-4H3. The summed E-state index contributed by atoms with van der Waals surface area (Å²) in [6.45, 7) is 8.43. The van der Waals surface area contributed by atoms with E-state index in [2.05, 4.69) is 26.1 Å². The van der Waals surface area contributed by atoms with Gasteiger partial charge in [0, 0.05) is 12.1 Å². The molecule has 3 heteroatoms. The summed E-state index contributed by atoms with van der Waals surface area (Å²) in [6, 6.07) is 5.12. The number of benzene rings is 1. The summed E-state index contributed by atoms with van der Waals surface area (Å²) in [5.74, 6) is 0.908. The Morgan fingerprint density at radius 2 is 1.59 bits per heavy atom. The highest BCUT2D eigenvalue weighted by Crippen LogP contribution is 2.32. The van der Waals surface area contributed by atoms with Crippen LogP contribution in [0.3, 0.4) is 0 Å². The van der Waals surface area contributed by atoms with E-state index in [1.54, 1.807) is 18.2 Å². The zero-order valence-corrected chi connectivity index (χ0v) is 11.1. The fraction of sp³-hybridized carbons (Fsp3) is 0.571. The van der Waals surface area contributed by atoms with E-state index in [1.165, 1.54) is 0 Å². The minimum atomic E-state index is -0.0649. The lowest BCUT2D eigenvalue weighted by Crippen LogP contribution is -2.30. The lowest BCUT2D eigenvalue weighted by atomic mass is 10.0. The minimum Gasteiger partial charge on any atom is -0.507 e. The maximum atomic E-state index is 9.76. The zero-order valence-electron chi connectivity index (χ0n) is 11.1. The van der Waals surface area contributed by atoms with Crippen LogP contribution in [-0.4, -0.2) is 16.3 Å². The molecule has 17 heavy (non-hydrogen) atoms. The second-order valence-electron chi connectivity index (χ2n) is 5.13. The molecular formula is C14H23NO2. The third-order valence-corrected chi connectivity index (χ3v) is 2.85. The van der Waals surface area contributed by atoms with Gasteiger partial charge in [-0.1, -0.05) is 19.9 Å². The second-order valence-corrected chi connectivity index (χ2v) is 5.13. The Labute approximate surface area is 103 Å². The van der Waals surface area contributed by atoms with Crippen molar-refractivity contribution < 1.29 is 10.2 Å². The molecule has 1 rings (SSSR count). The summed E-state index contributed by atoms with van der Waals surface area (Å²) in [7, 11) is 0. The van der Waals surface area contributed by atoms with Gasteiger partial charge in [0.15, 0.2) is 0 Å². The molecule has 0 aliphatic carbocycles. The van der Waals surface area contributed by atoms with Gasteiger partial charge in [-0.25, -0.2) is 0 Å². The van der Waals surface area contributed by atoms with E-state index < -0.39 is 0 Å². The number of aromatic hydroxyl groups is 2.